The summed E-state index contributed by atoms with van der Waals surface area (Å²) in [5.41, 5.74) is 5.53. The molecule has 0 bridgehead atoms. The summed E-state index contributed by atoms with van der Waals surface area (Å²) in [5, 5.41) is 4.12. The van der Waals surface area contributed by atoms with Crippen LogP contribution in [0.5, 0.6) is 0 Å². The van der Waals surface area contributed by atoms with Crippen molar-refractivity contribution in [3.63, 3.8) is 0 Å². The fraction of sp³-hybridized carbons (Fsp3) is 0.600. The van der Waals surface area contributed by atoms with Crippen LogP contribution in [0, 0.1) is 5.92 Å². The van der Waals surface area contributed by atoms with Crippen LogP contribution in [0.2, 0.25) is 0 Å². The second kappa shape index (κ2) is 5.79. The molecule has 5 heteroatoms. The lowest BCUT2D eigenvalue weighted by atomic mass is 9.80. The lowest BCUT2D eigenvalue weighted by molar-refractivity contribution is 0.305. The minimum Gasteiger partial charge on any atom is -0.455 e. The highest BCUT2D eigenvalue weighted by Gasteiger charge is 2.25. The van der Waals surface area contributed by atoms with E-state index >= 15 is 0 Å². The average molecular weight is 275 g/mol. The summed E-state index contributed by atoms with van der Waals surface area (Å²) in [6.07, 6.45) is 6.12. The Labute approximate surface area is 118 Å². The molecule has 0 saturated heterocycles. The summed E-state index contributed by atoms with van der Waals surface area (Å²) >= 11 is 0. The molecule has 2 aromatic heterocycles. The molecule has 3 rings (SSSR count). The van der Waals surface area contributed by atoms with Gasteiger partial charge < -0.3 is 14.7 Å². The Morgan fingerprint density at radius 3 is 2.70 bits per heavy atom. The normalized spacial score (nSPS) is 23.1. The Bertz CT molecular complexity index is 553. The molecule has 108 valence electrons. The van der Waals surface area contributed by atoms with Crippen LogP contribution in [0.25, 0.3) is 11.7 Å². The maximum absolute atomic E-state index is 5.53. The van der Waals surface area contributed by atoms with E-state index in [4.69, 9.17) is 14.7 Å². The van der Waals surface area contributed by atoms with Crippen molar-refractivity contribution < 1.29 is 8.94 Å². The number of rotatable bonds is 4. The van der Waals surface area contributed by atoms with Crippen LogP contribution >= 0.6 is 0 Å². The highest BCUT2D eigenvalue weighted by Crippen LogP contribution is 2.36. The van der Waals surface area contributed by atoms with Crippen molar-refractivity contribution in [1.82, 2.24) is 10.1 Å². The first-order valence-corrected chi connectivity index (χ1v) is 7.43. The maximum atomic E-state index is 5.53. The number of hydrogen-bond acceptors (Lipinski definition) is 5. The minimum absolute atomic E-state index is 0.377. The van der Waals surface area contributed by atoms with E-state index in [1.807, 2.05) is 12.1 Å². The highest BCUT2D eigenvalue weighted by atomic mass is 16.5. The third-order valence-corrected chi connectivity index (χ3v) is 4.30. The summed E-state index contributed by atoms with van der Waals surface area (Å²) in [6, 6.07) is 3.67. The predicted molar refractivity (Wildman–Crippen MR) is 74.9 cm³/mol. The van der Waals surface area contributed by atoms with Crippen LogP contribution in [0.15, 0.2) is 21.1 Å². The van der Waals surface area contributed by atoms with E-state index in [1.54, 1.807) is 0 Å². The molecule has 2 aromatic rings. The van der Waals surface area contributed by atoms with Gasteiger partial charge in [-0.3, -0.25) is 0 Å². The highest BCUT2D eigenvalue weighted by molar-refractivity contribution is 5.44. The van der Waals surface area contributed by atoms with Crippen molar-refractivity contribution in [2.24, 2.45) is 11.7 Å². The first kappa shape index (κ1) is 13.4. The first-order valence-electron chi connectivity index (χ1n) is 7.43. The fourth-order valence-electron chi connectivity index (χ4n) is 2.93. The molecular formula is C15H21N3O2. The molecule has 1 aliphatic rings. The first-order chi connectivity index (χ1) is 9.80. The molecule has 0 aliphatic heterocycles. The summed E-state index contributed by atoms with van der Waals surface area (Å²) in [4.78, 5) is 4.49. The van der Waals surface area contributed by atoms with Gasteiger partial charge in [-0.15, -0.1) is 0 Å². The summed E-state index contributed by atoms with van der Waals surface area (Å²) in [5.74, 6) is 3.90. The molecule has 0 atom stereocenters. The van der Waals surface area contributed by atoms with Gasteiger partial charge in [0, 0.05) is 5.92 Å². The molecule has 0 aromatic carbocycles. The van der Waals surface area contributed by atoms with Crippen molar-refractivity contribution in [2.75, 3.05) is 0 Å². The van der Waals surface area contributed by atoms with E-state index in [1.165, 1.54) is 19.3 Å². The van der Waals surface area contributed by atoms with Gasteiger partial charge in [0.25, 0.3) is 5.89 Å². The number of furan rings is 1. The van der Waals surface area contributed by atoms with Crippen molar-refractivity contribution in [1.29, 1.82) is 0 Å². The van der Waals surface area contributed by atoms with E-state index in [0.717, 1.165) is 30.3 Å². The van der Waals surface area contributed by atoms with Crippen LogP contribution in [0.4, 0.5) is 0 Å². The molecule has 20 heavy (non-hydrogen) atoms. The largest absolute Gasteiger partial charge is 0.455 e. The van der Waals surface area contributed by atoms with Crippen molar-refractivity contribution in [3.05, 3.63) is 23.7 Å². The Hall–Kier alpha value is -1.62. The molecule has 1 aliphatic carbocycles. The van der Waals surface area contributed by atoms with Gasteiger partial charge in [0.2, 0.25) is 0 Å². The average Bonchev–Trinajstić information content (AvgIpc) is 3.16. The lowest BCUT2D eigenvalue weighted by Gasteiger charge is -2.25. The molecule has 0 spiro atoms. The number of nitrogens with zero attached hydrogens (tertiary/aromatic N) is 2. The van der Waals surface area contributed by atoms with Gasteiger partial charge in [-0.25, -0.2) is 0 Å². The monoisotopic (exact) mass is 275 g/mol. The van der Waals surface area contributed by atoms with Gasteiger partial charge in [0.15, 0.2) is 11.6 Å². The van der Waals surface area contributed by atoms with E-state index in [9.17, 15) is 0 Å². The van der Waals surface area contributed by atoms with Crippen LogP contribution < -0.4 is 5.73 Å². The van der Waals surface area contributed by atoms with Gasteiger partial charge >= 0.3 is 0 Å². The number of nitrogens with two attached hydrogens (primary N) is 1. The molecule has 0 radical (unpaired) electrons. The molecule has 2 N–H and O–H groups in total. The Morgan fingerprint density at radius 1 is 1.25 bits per heavy atom. The smallest absolute Gasteiger partial charge is 0.293 e. The summed E-state index contributed by atoms with van der Waals surface area (Å²) < 4.78 is 10.9. The van der Waals surface area contributed by atoms with Crippen LogP contribution in [-0.2, 0) is 6.54 Å². The molecule has 1 saturated carbocycles. The fourth-order valence-corrected chi connectivity index (χ4v) is 2.93. The third kappa shape index (κ3) is 2.63. The number of hydrogen-bond donors (Lipinski definition) is 1. The molecule has 0 unspecified atom stereocenters. The topological polar surface area (TPSA) is 78.1 Å². The van der Waals surface area contributed by atoms with Crippen LogP contribution in [0.1, 0.15) is 56.5 Å². The predicted octanol–water partition coefficient (Wildman–Crippen LogP) is 3.47. The van der Waals surface area contributed by atoms with Crippen LogP contribution in [0.3, 0.4) is 0 Å². The Morgan fingerprint density at radius 2 is 2.05 bits per heavy atom. The van der Waals surface area contributed by atoms with Gasteiger partial charge in [-0.1, -0.05) is 18.5 Å². The van der Waals surface area contributed by atoms with Crippen molar-refractivity contribution in [3.8, 4) is 11.7 Å². The molecule has 1 fully saturated rings. The zero-order chi connectivity index (χ0) is 13.9. The minimum atomic E-state index is 0.377. The van der Waals surface area contributed by atoms with Crippen molar-refractivity contribution >= 4 is 0 Å². The second-order valence-electron chi connectivity index (χ2n) is 5.55. The van der Waals surface area contributed by atoms with Crippen LogP contribution in [-0.4, -0.2) is 10.1 Å². The van der Waals surface area contributed by atoms with E-state index in [0.29, 0.717) is 24.1 Å². The lowest BCUT2D eigenvalue weighted by Crippen LogP contribution is -2.13. The summed E-state index contributed by atoms with van der Waals surface area (Å²) in [7, 11) is 0. The third-order valence-electron chi connectivity index (χ3n) is 4.30. The van der Waals surface area contributed by atoms with Gasteiger partial charge in [-0.05, 0) is 43.7 Å². The Kier molecular flexibility index (Phi) is 3.87. The second-order valence-corrected chi connectivity index (χ2v) is 5.55. The molecule has 5 nitrogen and oxygen atoms in total. The molecular weight excluding hydrogens is 254 g/mol. The zero-order valence-electron chi connectivity index (χ0n) is 11.8. The van der Waals surface area contributed by atoms with Gasteiger partial charge in [0.1, 0.15) is 5.76 Å². The standard InChI is InChI=1S/C15H21N3O2/c1-2-10-3-5-11(6-4-10)14-17-15(20-18-14)13-8-7-12(9-16)19-13/h7-8,10-11H,2-6,9,16H2,1H3. The number of aromatic nitrogens is 2. The molecule has 0 amide bonds. The Balaban J connectivity index is 1.70. The zero-order valence-corrected chi connectivity index (χ0v) is 11.8. The SMILES string of the molecule is CCC1CCC(c2noc(-c3ccc(CN)o3)n2)CC1. The van der Waals surface area contributed by atoms with Crippen molar-refractivity contribution in [2.45, 2.75) is 51.5 Å². The van der Waals surface area contributed by atoms with Gasteiger partial charge in [0.05, 0.1) is 6.54 Å². The quantitative estimate of drug-likeness (QED) is 0.924. The van der Waals surface area contributed by atoms with E-state index in [2.05, 4.69) is 17.1 Å². The molecule has 2 heterocycles. The summed E-state index contributed by atoms with van der Waals surface area (Å²) in [6.45, 7) is 2.64. The maximum Gasteiger partial charge on any atom is 0.293 e. The van der Waals surface area contributed by atoms with Gasteiger partial charge in [-0.2, -0.15) is 4.98 Å². The van der Waals surface area contributed by atoms with E-state index in [-0.39, 0.29) is 0 Å². The van der Waals surface area contributed by atoms with E-state index < -0.39 is 0 Å².